The summed E-state index contributed by atoms with van der Waals surface area (Å²) in [5, 5.41) is 15.7. The van der Waals surface area contributed by atoms with Crippen LogP contribution in [0.1, 0.15) is 77.9 Å². The highest BCUT2D eigenvalue weighted by atomic mass is 16.1. The molecule has 0 aliphatic heterocycles. The number of hydrogen-bond donors (Lipinski definition) is 0. The summed E-state index contributed by atoms with van der Waals surface area (Å²) in [6.45, 7) is 11.0. The second kappa shape index (κ2) is 10.6. The zero-order valence-corrected chi connectivity index (χ0v) is 16.6. The van der Waals surface area contributed by atoms with Gasteiger partial charge in [-0.2, -0.15) is 0 Å². The monoisotopic (exact) mass is 362 g/mol. The highest BCUT2D eigenvalue weighted by molar-refractivity contribution is 5.79. The van der Waals surface area contributed by atoms with E-state index in [1.54, 1.807) is 23.2 Å². The van der Waals surface area contributed by atoms with Gasteiger partial charge in [-0.1, -0.05) is 37.1 Å². The SMILES string of the molecule is CCCc1cn(C(C)C(C)=O)nn1.CCCc1cn(C(C)C(C)=O)nn1. The molecule has 2 aromatic rings. The third-order valence-corrected chi connectivity index (χ3v) is 4.10. The van der Waals surface area contributed by atoms with Gasteiger partial charge in [-0.3, -0.25) is 9.59 Å². The van der Waals surface area contributed by atoms with Crippen LogP contribution in [0.3, 0.4) is 0 Å². The van der Waals surface area contributed by atoms with Crippen LogP contribution in [0.2, 0.25) is 0 Å². The van der Waals surface area contributed by atoms with Crippen LogP contribution in [-0.2, 0) is 22.4 Å². The van der Waals surface area contributed by atoms with Crippen molar-refractivity contribution in [2.75, 3.05) is 0 Å². The van der Waals surface area contributed by atoms with Crippen LogP contribution in [0.4, 0.5) is 0 Å². The molecule has 0 aromatic carbocycles. The van der Waals surface area contributed by atoms with E-state index in [-0.39, 0.29) is 23.7 Å². The molecule has 0 amide bonds. The molecule has 0 bridgehead atoms. The smallest absolute Gasteiger partial charge is 0.154 e. The van der Waals surface area contributed by atoms with Crippen LogP contribution in [-0.4, -0.2) is 41.6 Å². The summed E-state index contributed by atoms with van der Waals surface area (Å²) >= 11 is 0. The molecule has 26 heavy (non-hydrogen) atoms. The van der Waals surface area contributed by atoms with Gasteiger partial charge in [0.1, 0.15) is 12.1 Å². The fourth-order valence-corrected chi connectivity index (χ4v) is 2.12. The summed E-state index contributed by atoms with van der Waals surface area (Å²) in [7, 11) is 0. The Hall–Kier alpha value is -2.38. The van der Waals surface area contributed by atoms with Gasteiger partial charge in [0.05, 0.1) is 11.4 Å². The second-order valence-electron chi connectivity index (χ2n) is 6.45. The van der Waals surface area contributed by atoms with E-state index in [1.165, 1.54) is 0 Å². The van der Waals surface area contributed by atoms with Gasteiger partial charge in [0, 0.05) is 12.4 Å². The van der Waals surface area contributed by atoms with Gasteiger partial charge in [0.25, 0.3) is 0 Å². The van der Waals surface area contributed by atoms with E-state index in [4.69, 9.17) is 0 Å². The van der Waals surface area contributed by atoms with Crippen LogP contribution in [0.15, 0.2) is 12.4 Å². The van der Waals surface area contributed by atoms with Gasteiger partial charge in [-0.25, -0.2) is 9.36 Å². The molecule has 0 saturated carbocycles. The fraction of sp³-hybridized carbons (Fsp3) is 0.667. The summed E-state index contributed by atoms with van der Waals surface area (Å²) in [6, 6.07) is -0.392. The molecule has 0 N–H and O–H groups in total. The lowest BCUT2D eigenvalue weighted by atomic mass is 10.2. The molecular formula is C18H30N6O2. The normalized spacial score (nSPS) is 12.8. The number of Topliss-reactive ketones (excluding diaryl/α,β-unsaturated/α-hetero) is 2. The number of carbonyl (C=O) groups is 2. The van der Waals surface area contributed by atoms with Crippen LogP contribution in [0.5, 0.6) is 0 Å². The highest BCUT2D eigenvalue weighted by Gasteiger charge is 2.12. The summed E-state index contributed by atoms with van der Waals surface area (Å²) in [5.41, 5.74) is 1.91. The van der Waals surface area contributed by atoms with E-state index in [0.717, 1.165) is 37.1 Å². The zero-order valence-electron chi connectivity index (χ0n) is 16.6. The van der Waals surface area contributed by atoms with E-state index in [9.17, 15) is 9.59 Å². The van der Waals surface area contributed by atoms with Crippen LogP contribution >= 0.6 is 0 Å². The van der Waals surface area contributed by atoms with E-state index < -0.39 is 0 Å². The topological polar surface area (TPSA) is 95.6 Å². The van der Waals surface area contributed by atoms with Crippen LogP contribution < -0.4 is 0 Å². The van der Waals surface area contributed by atoms with Gasteiger partial charge in [-0.15, -0.1) is 10.2 Å². The third-order valence-electron chi connectivity index (χ3n) is 4.10. The largest absolute Gasteiger partial charge is 0.298 e. The molecule has 0 saturated heterocycles. The quantitative estimate of drug-likeness (QED) is 0.716. The average Bonchev–Trinajstić information content (AvgIpc) is 3.24. The van der Waals surface area contributed by atoms with Crippen molar-refractivity contribution in [3.63, 3.8) is 0 Å². The predicted octanol–water partition coefficient (Wildman–Crippen LogP) is 2.76. The molecule has 144 valence electrons. The van der Waals surface area contributed by atoms with Gasteiger partial charge < -0.3 is 0 Å². The number of aryl methyl sites for hydroxylation is 2. The van der Waals surface area contributed by atoms with Gasteiger partial charge in [0.2, 0.25) is 0 Å². The van der Waals surface area contributed by atoms with Gasteiger partial charge >= 0.3 is 0 Å². The van der Waals surface area contributed by atoms with Crippen molar-refractivity contribution >= 4 is 11.6 Å². The third kappa shape index (κ3) is 6.50. The van der Waals surface area contributed by atoms with Crippen molar-refractivity contribution in [3.05, 3.63) is 23.8 Å². The maximum absolute atomic E-state index is 11.0. The Morgan fingerprint density at radius 2 is 1.19 bits per heavy atom. The average molecular weight is 362 g/mol. The van der Waals surface area contributed by atoms with E-state index in [1.807, 2.05) is 26.2 Å². The highest BCUT2D eigenvalue weighted by Crippen LogP contribution is 2.07. The Balaban J connectivity index is 0.000000260. The van der Waals surface area contributed by atoms with Crippen LogP contribution in [0.25, 0.3) is 0 Å². The van der Waals surface area contributed by atoms with Crippen LogP contribution in [0, 0.1) is 0 Å². The Bertz CT molecular complexity index is 646. The lowest BCUT2D eigenvalue weighted by molar-refractivity contribution is -0.120. The number of ketones is 2. The molecule has 8 heteroatoms. The Morgan fingerprint density at radius 3 is 1.46 bits per heavy atom. The molecular weight excluding hydrogens is 332 g/mol. The molecule has 0 aliphatic carbocycles. The Labute approximate surface area is 155 Å². The molecule has 2 rings (SSSR count). The first-order valence-electron chi connectivity index (χ1n) is 9.12. The minimum atomic E-state index is -0.196. The molecule has 0 spiro atoms. The van der Waals surface area contributed by atoms with Crippen molar-refractivity contribution in [1.82, 2.24) is 30.0 Å². The molecule has 2 unspecified atom stereocenters. The second-order valence-corrected chi connectivity index (χ2v) is 6.45. The summed E-state index contributed by atoms with van der Waals surface area (Å²) in [6.07, 6.45) is 7.63. The molecule has 8 nitrogen and oxygen atoms in total. The minimum absolute atomic E-state index is 0.105. The number of carbonyl (C=O) groups excluding carboxylic acids is 2. The summed E-state index contributed by atoms with van der Waals surface area (Å²) in [4.78, 5) is 22.0. The molecule has 2 aromatic heterocycles. The zero-order chi connectivity index (χ0) is 19.7. The number of aromatic nitrogens is 6. The van der Waals surface area contributed by atoms with Gasteiger partial charge in [0.15, 0.2) is 11.6 Å². The molecule has 2 atom stereocenters. The summed E-state index contributed by atoms with van der Waals surface area (Å²) in [5.74, 6) is 0.209. The first-order chi connectivity index (χ1) is 12.3. The number of hydrogen-bond acceptors (Lipinski definition) is 6. The maximum atomic E-state index is 11.0. The van der Waals surface area contributed by atoms with E-state index in [2.05, 4.69) is 34.5 Å². The van der Waals surface area contributed by atoms with Crippen molar-refractivity contribution in [2.45, 2.75) is 79.3 Å². The molecule has 0 aliphatic rings. The van der Waals surface area contributed by atoms with Crippen molar-refractivity contribution in [2.24, 2.45) is 0 Å². The molecule has 0 fully saturated rings. The fourth-order valence-electron chi connectivity index (χ4n) is 2.12. The maximum Gasteiger partial charge on any atom is 0.154 e. The summed E-state index contributed by atoms with van der Waals surface area (Å²) < 4.78 is 3.24. The Morgan fingerprint density at radius 1 is 0.846 bits per heavy atom. The van der Waals surface area contributed by atoms with Crippen molar-refractivity contribution in [3.8, 4) is 0 Å². The molecule has 0 radical (unpaired) electrons. The first-order valence-corrected chi connectivity index (χ1v) is 9.12. The van der Waals surface area contributed by atoms with Crippen molar-refractivity contribution in [1.29, 1.82) is 0 Å². The number of rotatable bonds is 8. The first kappa shape index (κ1) is 21.7. The van der Waals surface area contributed by atoms with E-state index in [0.29, 0.717) is 0 Å². The lowest BCUT2D eigenvalue weighted by Gasteiger charge is -2.05. The van der Waals surface area contributed by atoms with Gasteiger partial charge in [-0.05, 0) is 40.5 Å². The molecule has 2 heterocycles. The standard InChI is InChI=1S/2C9H15N3O/c2*1-4-5-9-6-12(11-10-9)7(2)8(3)13/h2*6-7H,4-5H2,1-3H3. The Kier molecular flexibility index (Phi) is 8.81. The minimum Gasteiger partial charge on any atom is -0.298 e. The number of nitrogens with zero attached hydrogens (tertiary/aromatic N) is 6. The predicted molar refractivity (Wildman–Crippen MR) is 98.8 cm³/mol. The lowest BCUT2D eigenvalue weighted by Crippen LogP contribution is -2.13. The van der Waals surface area contributed by atoms with Crippen molar-refractivity contribution < 1.29 is 9.59 Å². The van der Waals surface area contributed by atoms with E-state index >= 15 is 0 Å².